The van der Waals surface area contributed by atoms with Crippen LogP contribution in [0.4, 0.5) is 0 Å². The third kappa shape index (κ3) is 5.90. The summed E-state index contributed by atoms with van der Waals surface area (Å²) in [5.41, 5.74) is 0.378. The summed E-state index contributed by atoms with van der Waals surface area (Å²) < 4.78 is 0. The Labute approximate surface area is 89.2 Å². The lowest BCUT2D eigenvalue weighted by Gasteiger charge is -2.25. The molecule has 0 spiro atoms. The van der Waals surface area contributed by atoms with E-state index in [0.717, 1.165) is 12.8 Å². The zero-order valence-corrected chi connectivity index (χ0v) is 10.6. The summed E-state index contributed by atoms with van der Waals surface area (Å²) >= 11 is 0. The average molecular weight is 198 g/mol. The van der Waals surface area contributed by atoms with Gasteiger partial charge in [-0.2, -0.15) is 0 Å². The Morgan fingerprint density at radius 2 is 1.07 bits per heavy atom. The van der Waals surface area contributed by atoms with Gasteiger partial charge in [0.05, 0.1) is 0 Å². The summed E-state index contributed by atoms with van der Waals surface area (Å²) in [5.74, 6) is 0. The first kappa shape index (κ1) is 13.3. The predicted octanol–water partition coefficient (Wildman–Crippen LogP) is 3.01. The van der Waals surface area contributed by atoms with Crippen LogP contribution in [-0.2, 0) is 0 Å². The molecule has 0 aromatic carbocycles. The summed E-state index contributed by atoms with van der Waals surface area (Å²) in [6, 6.07) is 0. The highest BCUT2D eigenvalue weighted by molar-refractivity contribution is 4.90. The smallest absolute Gasteiger partial charge is 0.0310 e. The standard InChI is InChI=1S/C12H26N2/c1-7-11(3,4)13-9-10-14-12(5,6)8-2/h9-10,13-14H,7-8H2,1-6H3/b10-9+. The lowest BCUT2D eigenvalue weighted by molar-refractivity contribution is 0.412. The van der Waals surface area contributed by atoms with Gasteiger partial charge >= 0.3 is 0 Å². The van der Waals surface area contributed by atoms with Crippen LogP contribution in [0.25, 0.3) is 0 Å². The van der Waals surface area contributed by atoms with Crippen molar-refractivity contribution < 1.29 is 0 Å². The number of hydrogen-bond donors (Lipinski definition) is 2. The first-order chi connectivity index (χ1) is 6.33. The molecule has 0 aromatic heterocycles. The second-order valence-corrected chi connectivity index (χ2v) is 5.10. The monoisotopic (exact) mass is 198 g/mol. The van der Waals surface area contributed by atoms with Gasteiger partial charge in [-0.25, -0.2) is 0 Å². The Morgan fingerprint density at radius 1 is 0.786 bits per heavy atom. The van der Waals surface area contributed by atoms with Crippen molar-refractivity contribution >= 4 is 0 Å². The number of rotatable bonds is 6. The van der Waals surface area contributed by atoms with E-state index in [1.165, 1.54) is 0 Å². The molecule has 0 aliphatic rings. The van der Waals surface area contributed by atoms with Gasteiger partial charge in [0.15, 0.2) is 0 Å². The minimum Gasteiger partial charge on any atom is -0.385 e. The molecular formula is C12H26N2. The van der Waals surface area contributed by atoms with Gasteiger partial charge in [0.1, 0.15) is 0 Å². The minimum absolute atomic E-state index is 0.189. The van der Waals surface area contributed by atoms with E-state index in [2.05, 4.69) is 52.2 Å². The van der Waals surface area contributed by atoms with E-state index >= 15 is 0 Å². The van der Waals surface area contributed by atoms with Crippen molar-refractivity contribution in [3.63, 3.8) is 0 Å². The quantitative estimate of drug-likeness (QED) is 0.685. The first-order valence-electron chi connectivity index (χ1n) is 5.53. The van der Waals surface area contributed by atoms with Crippen LogP contribution in [-0.4, -0.2) is 11.1 Å². The Bertz CT molecular complexity index is 161. The molecule has 2 nitrogen and oxygen atoms in total. The zero-order valence-electron chi connectivity index (χ0n) is 10.6. The Hall–Kier alpha value is -0.660. The summed E-state index contributed by atoms with van der Waals surface area (Å²) in [7, 11) is 0. The Morgan fingerprint density at radius 3 is 1.29 bits per heavy atom. The maximum atomic E-state index is 3.36. The highest BCUT2D eigenvalue weighted by Gasteiger charge is 2.12. The molecule has 0 bridgehead atoms. The fourth-order valence-corrected chi connectivity index (χ4v) is 0.739. The van der Waals surface area contributed by atoms with Gasteiger partial charge < -0.3 is 10.6 Å². The fourth-order valence-electron chi connectivity index (χ4n) is 0.739. The molecule has 0 rings (SSSR count). The lowest BCUT2D eigenvalue weighted by atomic mass is 10.0. The minimum atomic E-state index is 0.189. The summed E-state index contributed by atoms with van der Waals surface area (Å²) in [4.78, 5) is 0. The fraction of sp³-hybridized carbons (Fsp3) is 0.833. The van der Waals surface area contributed by atoms with E-state index < -0.39 is 0 Å². The summed E-state index contributed by atoms with van der Waals surface area (Å²) in [6.45, 7) is 13.2. The van der Waals surface area contributed by atoms with Crippen molar-refractivity contribution in [1.29, 1.82) is 0 Å². The van der Waals surface area contributed by atoms with Crippen molar-refractivity contribution in [2.45, 2.75) is 65.5 Å². The topological polar surface area (TPSA) is 24.1 Å². The summed E-state index contributed by atoms with van der Waals surface area (Å²) in [5, 5.41) is 6.72. The second kappa shape index (κ2) is 5.28. The molecular weight excluding hydrogens is 172 g/mol. The number of hydrogen-bond acceptors (Lipinski definition) is 2. The number of nitrogens with one attached hydrogen (secondary N) is 2. The van der Waals surface area contributed by atoms with E-state index in [1.54, 1.807) is 0 Å². The maximum absolute atomic E-state index is 3.36. The van der Waals surface area contributed by atoms with E-state index in [0.29, 0.717) is 0 Å². The molecule has 0 radical (unpaired) electrons. The van der Waals surface area contributed by atoms with E-state index in [-0.39, 0.29) is 11.1 Å². The molecule has 0 heterocycles. The van der Waals surface area contributed by atoms with Crippen LogP contribution in [0.5, 0.6) is 0 Å². The molecule has 0 saturated carbocycles. The third-order valence-corrected chi connectivity index (χ3v) is 2.80. The van der Waals surface area contributed by atoms with Crippen LogP contribution in [0.15, 0.2) is 12.4 Å². The van der Waals surface area contributed by atoms with Crippen molar-refractivity contribution in [3.05, 3.63) is 12.4 Å². The van der Waals surface area contributed by atoms with Crippen LogP contribution in [0.2, 0.25) is 0 Å². The summed E-state index contributed by atoms with van der Waals surface area (Å²) in [6.07, 6.45) is 6.24. The van der Waals surface area contributed by atoms with Crippen LogP contribution in [0.3, 0.4) is 0 Å². The molecule has 0 unspecified atom stereocenters. The maximum Gasteiger partial charge on any atom is 0.0310 e. The molecule has 0 atom stereocenters. The van der Waals surface area contributed by atoms with Gasteiger partial charge in [-0.15, -0.1) is 0 Å². The van der Waals surface area contributed by atoms with E-state index in [4.69, 9.17) is 0 Å². The van der Waals surface area contributed by atoms with Crippen LogP contribution in [0, 0.1) is 0 Å². The molecule has 14 heavy (non-hydrogen) atoms. The van der Waals surface area contributed by atoms with Gasteiger partial charge in [-0.05, 0) is 40.5 Å². The highest BCUT2D eigenvalue weighted by Crippen LogP contribution is 2.07. The van der Waals surface area contributed by atoms with Gasteiger partial charge in [0.2, 0.25) is 0 Å². The predicted molar refractivity (Wildman–Crippen MR) is 64.2 cm³/mol. The van der Waals surface area contributed by atoms with Gasteiger partial charge in [0.25, 0.3) is 0 Å². The molecule has 0 aliphatic heterocycles. The highest BCUT2D eigenvalue weighted by atomic mass is 15.0. The third-order valence-electron chi connectivity index (χ3n) is 2.80. The van der Waals surface area contributed by atoms with Crippen molar-refractivity contribution in [2.75, 3.05) is 0 Å². The molecule has 2 N–H and O–H groups in total. The molecule has 0 amide bonds. The zero-order chi connectivity index (χ0) is 11.2. The molecule has 0 aliphatic carbocycles. The van der Waals surface area contributed by atoms with Crippen molar-refractivity contribution in [3.8, 4) is 0 Å². The SMILES string of the molecule is CCC(C)(C)N/C=C/NC(C)(C)CC. The Kier molecular flexibility index (Phi) is 5.03. The molecule has 2 heteroatoms. The second-order valence-electron chi connectivity index (χ2n) is 5.10. The van der Waals surface area contributed by atoms with Gasteiger partial charge in [-0.1, -0.05) is 13.8 Å². The van der Waals surface area contributed by atoms with Crippen LogP contribution in [0.1, 0.15) is 54.4 Å². The van der Waals surface area contributed by atoms with E-state index in [9.17, 15) is 0 Å². The van der Waals surface area contributed by atoms with Crippen molar-refractivity contribution in [2.24, 2.45) is 0 Å². The largest absolute Gasteiger partial charge is 0.385 e. The molecule has 0 saturated heterocycles. The van der Waals surface area contributed by atoms with Gasteiger partial charge in [0, 0.05) is 23.5 Å². The molecule has 84 valence electrons. The molecule has 0 aromatic rings. The normalized spacial score (nSPS) is 13.3. The lowest BCUT2D eigenvalue weighted by Crippen LogP contribution is -2.37. The Balaban J connectivity index is 3.86. The first-order valence-corrected chi connectivity index (χ1v) is 5.53. The van der Waals surface area contributed by atoms with Crippen molar-refractivity contribution in [1.82, 2.24) is 10.6 Å². The molecule has 0 fully saturated rings. The van der Waals surface area contributed by atoms with Gasteiger partial charge in [-0.3, -0.25) is 0 Å². The van der Waals surface area contributed by atoms with E-state index in [1.807, 2.05) is 12.4 Å². The van der Waals surface area contributed by atoms with Crippen LogP contribution >= 0.6 is 0 Å². The van der Waals surface area contributed by atoms with Crippen LogP contribution < -0.4 is 10.6 Å². The average Bonchev–Trinajstić information content (AvgIpc) is 2.13.